The van der Waals surface area contributed by atoms with Crippen molar-refractivity contribution in [1.82, 2.24) is 10.2 Å². The fourth-order valence-electron chi connectivity index (χ4n) is 4.01. The van der Waals surface area contributed by atoms with Crippen LogP contribution in [0.3, 0.4) is 0 Å². The van der Waals surface area contributed by atoms with Gasteiger partial charge in [0.05, 0.1) is 0 Å². The molecule has 0 unspecified atom stereocenters. The quantitative estimate of drug-likeness (QED) is 0.912. The second kappa shape index (κ2) is 7.53. The largest absolute Gasteiger partial charge is 0.328 e. The lowest BCUT2D eigenvalue weighted by molar-refractivity contribution is -0.120. The van der Waals surface area contributed by atoms with Gasteiger partial charge in [0.2, 0.25) is 5.91 Å². The highest BCUT2D eigenvalue weighted by Crippen LogP contribution is 2.25. The Bertz CT molecular complexity index is 858. The van der Waals surface area contributed by atoms with E-state index in [4.69, 9.17) is 0 Å². The van der Waals surface area contributed by atoms with Gasteiger partial charge in [-0.2, -0.15) is 0 Å². The van der Waals surface area contributed by atoms with E-state index in [1.165, 1.54) is 5.56 Å². The molecule has 0 aromatic heterocycles. The smallest absolute Gasteiger partial charge is 0.254 e. The van der Waals surface area contributed by atoms with Gasteiger partial charge in [0.25, 0.3) is 5.91 Å². The van der Waals surface area contributed by atoms with E-state index in [9.17, 15) is 9.59 Å². The zero-order valence-electron chi connectivity index (χ0n) is 15.6. The number of anilines is 1. The normalized spacial score (nSPS) is 20.2. The summed E-state index contributed by atoms with van der Waals surface area (Å²) >= 11 is 0. The van der Waals surface area contributed by atoms with Crippen molar-refractivity contribution in [2.75, 3.05) is 37.6 Å². The number of rotatable bonds is 3. The van der Waals surface area contributed by atoms with Gasteiger partial charge >= 0.3 is 0 Å². The maximum atomic E-state index is 13.0. The van der Waals surface area contributed by atoms with Gasteiger partial charge in [0.1, 0.15) is 6.54 Å². The molecule has 0 saturated carbocycles. The summed E-state index contributed by atoms with van der Waals surface area (Å²) in [4.78, 5) is 29.1. The van der Waals surface area contributed by atoms with Crippen LogP contribution in [-0.4, -0.2) is 49.4 Å². The van der Waals surface area contributed by atoms with Gasteiger partial charge < -0.3 is 15.1 Å². The maximum absolute atomic E-state index is 13.0. The van der Waals surface area contributed by atoms with Gasteiger partial charge in [-0.25, -0.2) is 0 Å². The second-order valence-corrected chi connectivity index (χ2v) is 7.37. The molecule has 2 heterocycles. The number of benzene rings is 2. The first-order valence-electron chi connectivity index (χ1n) is 9.59. The molecular formula is C22H25N3O2. The van der Waals surface area contributed by atoms with Gasteiger partial charge in [-0.3, -0.25) is 9.59 Å². The van der Waals surface area contributed by atoms with Gasteiger partial charge in [-0.05, 0) is 55.1 Å². The third kappa shape index (κ3) is 3.60. The van der Waals surface area contributed by atoms with Crippen LogP contribution in [0.2, 0.25) is 0 Å². The van der Waals surface area contributed by atoms with Crippen molar-refractivity contribution in [2.24, 2.45) is 0 Å². The van der Waals surface area contributed by atoms with E-state index in [1.54, 1.807) is 9.80 Å². The van der Waals surface area contributed by atoms with Crippen molar-refractivity contribution in [1.29, 1.82) is 0 Å². The Hall–Kier alpha value is -2.66. The number of hydrogen-bond acceptors (Lipinski definition) is 3. The third-order valence-electron chi connectivity index (χ3n) is 5.58. The predicted molar refractivity (Wildman–Crippen MR) is 106 cm³/mol. The number of aryl methyl sites for hydroxylation is 1. The summed E-state index contributed by atoms with van der Waals surface area (Å²) in [6.45, 7) is 5.20. The van der Waals surface area contributed by atoms with E-state index in [1.807, 2.05) is 49.4 Å². The van der Waals surface area contributed by atoms with Crippen LogP contribution in [0.15, 0.2) is 48.5 Å². The number of nitrogens with zero attached hydrogens (tertiary/aromatic N) is 2. The van der Waals surface area contributed by atoms with E-state index < -0.39 is 0 Å². The summed E-state index contributed by atoms with van der Waals surface area (Å²) < 4.78 is 0. The summed E-state index contributed by atoms with van der Waals surface area (Å²) in [5.74, 6) is 0.387. The van der Waals surface area contributed by atoms with E-state index in [0.29, 0.717) is 24.6 Å². The van der Waals surface area contributed by atoms with Crippen LogP contribution in [0, 0.1) is 6.92 Å². The molecule has 2 saturated heterocycles. The van der Waals surface area contributed by atoms with Crippen molar-refractivity contribution >= 4 is 17.5 Å². The molecule has 0 spiro atoms. The Balaban J connectivity index is 1.47. The summed E-state index contributed by atoms with van der Waals surface area (Å²) in [7, 11) is 0. The van der Waals surface area contributed by atoms with Gasteiger partial charge in [-0.15, -0.1) is 0 Å². The fraction of sp³-hybridized carbons (Fsp3) is 0.364. The fourth-order valence-corrected chi connectivity index (χ4v) is 4.01. The van der Waals surface area contributed by atoms with Crippen LogP contribution in [0.25, 0.3) is 0 Å². The third-order valence-corrected chi connectivity index (χ3v) is 5.58. The molecule has 4 rings (SSSR count). The molecule has 27 heavy (non-hydrogen) atoms. The maximum Gasteiger partial charge on any atom is 0.254 e. The molecule has 1 atom stereocenters. The number of carbonyl (C=O) groups excluding carboxylic acids is 2. The first kappa shape index (κ1) is 17.7. The van der Waals surface area contributed by atoms with E-state index in [-0.39, 0.29) is 18.4 Å². The summed E-state index contributed by atoms with van der Waals surface area (Å²) in [5.41, 5.74) is 3.89. The molecule has 5 nitrogen and oxygen atoms in total. The zero-order valence-corrected chi connectivity index (χ0v) is 15.6. The second-order valence-electron chi connectivity index (χ2n) is 7.37. The zero-order chi connectivity index (χ0) is 18.8. The Morgan fingerprint density at radius 1 is 1.11 bits per heavy atom. The Kier molecular flexibility index (Phi) is 4.94. The molecular weight excluding hydrogens is 338 g/mol. The van der Waals surface area contributed by atoms with Crippen LogP contribution in [-0.2, 0) is 4.79 Å². The SMILES string of the molecule is Cc1ccccc1N1CCN(C(=O)c2cccc([C@H]3CCNC3)c2)CC1=O. The minimum atomic E-state index is -0.0550. The number of amides is 2. The minimum Gasteiger partial charge on any atom is -0.328 e. The van der Waals surface area contributed by atoms with Crippen molar-refractivity contribution in [3.8, 4) is 0 Å². The molecule has 2 aromatic carbocycles. The van der Waals surface area contributed by atoms with E-state index in [0.717, 1.165) is 30.8 Å². The van der Waals surface area contributed by atoms with Crippen LogP contribution >= 0.6 is 0 Å². The molecule has 5 heteroatoms. The lowest BCUT2D eigenvalue weighted by Gasteiger charge is -2.35. The molecule has 140 valence electrons. The topological polar surface area (TPSA) is 52.6 Å². The number of piperazine rings is 1. The molecule has 0 bridgehead atoms. The van der Waals surface area contributed by atoms with Crippen LogP contribution in [0.4, 0.5) is 5.69 Å². The Labute approximate surface area is 160 Å². The number of para-hydroxylation sites is 1. The average molecular weight is 363 g/mol. The predicted octanol–water partition coefficient (Wildman–Crippen LogP) is 2.56. The van der Waals surface area contributed by atoms with Crippen LogP contribution in [0.5, 0.6) is 0 Å². The highest BCUT2D eigenvalue weighted by Gasteiger charge is 2.29. The number of carbonyl (C=O) groups is 2. The van der Waals surface area contributed by atoms with Gasteiger partial charge in [0.15, 0.2) is 0 Å². The van der Waals surface area contributed by atoms with E-state index in [2.05, 4.69) is 11.4 Å². The minimum absolute atomic E-state index is 0.0277. The lowest BCUT2D eigenvalue weighted by atomic mass is 9.96. The first-order valence-corrected chi connectivity index (χ1v) is 9.59. The standard InChI is InChI=1S/C22H25N3O2/c1-16-5-2-3-8-20(16)25-12-11-24(15-21(25)26)22(27)18-7-4-6-17(13-18)19-9-10-23-14-19/h2-8,13,19,23H,9-12,14-15H2,1H3/t19-/m0/s1. The molecule has 2 fully saturated rings. The summed E-state index contributed by atoms with van der Waals surface area (Å²) in [6, 6.07) is 15.8. The Morgan fingerprint density at radius 3 is 2.70 bits per heavy atom. The highest BCUT2D eigenvalue weighted by atomic mass is 16.2. The Morgan fingerprint density at radius 2 is 1.96 bits per heavy atom. The first-order chi connectivity index (χ1) is 13.1. The molecule has 2 aliphatic heterocycles. The van der Waals surface area contributed by atoms with Crippen molar-refractivity contribution in [2.45, 2.75) is 19.3 Å². The van der Waals surface area contributed by atoms with Gasteiger partial charge in [-0.1, -0.05) is 30.3 Å². The van der Waals surface area contributed by atoms with Crippen LogP contribution in [0.1, 0.15) is 33.8 Å². The monoisotopic (exact) mass is 363 g/mol. The van der Waals surface area contributed by atoms with Crippen molar-refractivity contribution in [3.63, 3.8) is 0 Å². The number of hydrogen-bond donors (Lipinski definition) is 1. The molecule has 2 aliphatic rings. The summed E-state index contributed by atoms with van der Waals surface area (Å²) in [5, 5.41) is 3.37. The highest BCUT2D eigenvalue weighted by molar-refractivity contribution is 6.02. The molecule has 2 aromatic rings. The van der Waals surface area contributed by atoms with Crippen molar-refractivity contribution < 1.29 is 9.59 Å². The van der Waals surface area contributed by atoms with Gasteiger partial charge in [0, 0.05) is 30.9 Å². The molecule has 2 amide bonds. The molecule has 0 radical (unpaired) electrons. The van der Waals surface area contributed by atoms with E-state index >= 15 is 0 Å². The lowest BCUT2D eigenvalue weighted by Crippen LogP contribution is -2.52. The molecule has 1 N–H and O–H groups in total. The average Bonchev–Trinajstić information content (AvgIpc) is 3.23. The molecule has 0 aliphatic carbocycles. The summed E-state index contributed by atoms with van der Waals surface area (Å²) in [6.07, 6.45) is 1.10. The number of nitrogens with one attached hydrogen (secondary N) is 1. The van der Waals surface area contributed by atoms with Crippen LogP contribution < -0.4 is 10.2 Å². The van der Waals surface area contributed by atoms with Crippen molar-refractivity contribution in [3.05, 3.63) is 65.2 Å².